The molecule has 0 nitrogen and oxygen atoms in total. The van der Waals surface area contributed by atoms with Crippen LogP contribution in [0, 0.1) is 17.3 Å². The van der Waals surface area contributed by atoms with Gasteiger partial charge in [-0.15, -0.1) is 0 Å². The second-order valence-corrected chi connectivity index (χ2v) is 7.46. The molecule has 0 heterocycles. The van der Waals surface area contributed by atoms with Crippen molar-refractivity contribution >= 4 is 6.08 Å². The van der Waals surface area contributed by atoms with E-state index in [1.54, 1.807) is 0 Å². The van der Waals surface area contributed by atoms with E-state index in [0.717, 1.165) is 5.92 Å². The van der Waals surface area contributed by atoms with Crippen LogP contribution in [0.25, 0.3) is 6.08 Å². The third-order valence-corrected chi connectivity index (χ3v) is 5.62. The van der Waals surface area contributed by atoms with Gasteiger partial charge in [0.2, 0.25) is 0 Å². The fraction of sp³-hybridized carbons (Fsp3) is 0.478. The lowest BCUT2D eigenvalue weighted by Gasteiger charge is -2.34. The van der Waals surface area contributed by atoms with Crippen LogP contribution in [0.4, 0.5) is 0 Å². The van der Waals surface area contributed by atoms with E-state index in [-0.39, 0.29) is 5.41 Å². The van der Waals surface area contributed by atoms with Gasteiger partial charge in [0.25, 0.3) is 0 Å². The van der Waals surface area contributed by atoms with Crippen molar-refractivity contribution in [2.24, 2.45) is 17.3 Å². The van der Waals surface area contributed by atoms with Gasteiger partial charge >= 0.3 is 0 Å². The molecule has 0 aliphatic heterocycles. The van der Waals surface area contributed by atoms with Crippen LogP contribution in [-0.4, -0.2) is 0 Å². The maximum absolute atomic E-state index is 2.54. The van der Waals surface area contributed by atoms with Crippen LogP contribution >= 0.6 is 0 Å². The van der Waals surface area contributed by atoms with Crippen molar-refractivity contribution in [2.75, 3.05) is 0 Å². The van der Waals surface area contributed by atoms with Crippen LogP contribution in [0.3, 0.4) is 0 Å². The Morgan fingerprint density at radius 3 is 2.78 bits per heavy atom. The van der Waals surface area contributed by atoms with Crippen LogP contribution in [0.2, 0.25) is 0 Å². The first-order chi connectivity index (χ1) is 11.3. The first-order valence-electron chi connectivity index (χ1n) is 9.37. The Hall–Kier alpha value is -1.56. The summed E-state index contributed by atoms with van der Waals surface area (Å²) in [6, 6.07) is 10.8. The Morgan fingerprint density at radius 1 is 1.04 bits per heavy atom. The van der Waals surface area contributed by atoms with Crippen molar-refractivity contribution in [1.29, 1.82) is 0 Å². The number of rotatable bonds is 3. The molecular formula is C23H30. The van der Waals surface area contributed by atoms with Crippen LogP contribution < -0.4 is 0 Å². The Kier molecular flexibility index (Phi) is 5.54. The van der Waals surface area contributed by atoms with Crippen molar-refractivity contribution in [1.82, 2.24) is 0 Å². The molecule has 0 N–H and O–H groups in total. The summed E-state index contributed by atoms with van der Waals surface area (Å²) >= 11 is 0. The molecule has 0 fully saturated rings. The van der Waals surface area contributed by atoms with Gasteiger partial charge in [0, 0.05) is 5.41 Å². The Labute approximate surface area is 142 Å². The van der Waals surface area contributed by atoms with Gasteiger partial charge in [0.05, 0.1) is 0 Å². The Morgan fingerprint density at radius 2 is 1.91 bits per heavy atom. The topological polar surface area (TPSA) is 0 Å². The first kappa shape index (κ1) is 16.3. The fourth-order valence-corrected chi connectivity index (χ4v) is 4.04. The number of hydrogen-bond donors (Lipinski definition) is 0. The van der Waals surface area contributed by atoms with Crippen LogP contribution in [-0.2, 0) is 0 Å². The maximum atomic E-state index is 2.54. The molecule has 1 aromatic rings. The van der Waals surface area contributed by atoms with E-state index < -0.39 is 0 Å². The third-order valence-electron chi connectivity index (χ3n) is 5.62. The summed E-state index contributed by atoms with van der Waals surface area (Å²) in [7, 11) is 0. The summed E-state index contributed by atoms with van der Waals surface area (Å²) in [5.41, 5.74) is 1.52. The highest BCUT2D eigenvalue weighted by Gasteiger charge is 2.33. The van der Waals surface area contributed by atoms with E-state index >= 15 is 0 Å². The summed E-state index contributed by atoms with van der Waals surface area (Å²) in [4.78, 5) is 0. The van der Waals surface area contributed by atoms with Crippen molar-refractivity contribution in [3.63, 3.8) is 0 Å². The summed E-state index contributed by atoms with van der Waals surface area (Å²) < 4.78 is 0. The predicted octanol–water partition coefficient (Wildman–Crippen LogP) is 6.81. The van der Waals surface area contributed by atoms with Crippen molar-refractivity contribution in [3.8, 4) is 0 Å². The highest BCUT2D eigenvalue weighted by Crippen LogP contribution is 2.44. The van der Waals surface area contributed by atoms with E-state index in [1.807, 2.05) is 0 Å². The van der Waals surface area contributed by atoms with Gasteiger partial charge < -0.3 is 0 Å². The molecule has 3 unspecified atom stereocenters. The number of allylic oxidation sites excluding steroid dienone is 5. The summed E-state index contributed by atoms with van der Waals surface area (Å²) in [5.74, 6) is 1.47. The molecule has 1 aromatic carbocycles. The van der Waals surface area contributed by atoms with E-state index in [0.29, 0.717) is 5.92 Å². The fourth-order valence-electron chi connectivity index (χ4n) is 4.04. The Bertz CT molecular complexity index is 563. The van der Waals surface area contributed by atoms with E-state index in [9.17, 15) is 0 Å². The number of benzene rings is 1. The molecule has 2 aliphatic carbocycles. The molecule has 3 atom stereocenters. The lowest BCUT2D eigenvalue weighted by Crippen LogP contribution is -2.25. The van der Waals surface area contributed by atoms with Gasteiger partial charge in [-0.2, -0.15) is 0 Å². The average Bonchev–Trinajstić information content (AvgIpc) is 2.96. The molecule has 122 valence electrons. The van der Waals surface area contributed by atoms with Crippen molar-refractivity contribution in [3.05, 3.63) is 66.3 Å². The van der Waals surface area contributed by atoms with E-state index in [2.05, 4.69) is 73.7 Å². The SMILES string of the molecule is CC1CC=CC(C=Cc2ccccc2)(C2C=CCCCC2)CC1. The van der Waals surface area contributed by atoms with Gasteiger partial charge in [0.1, 0.15) is 0 Å². The minimum absolute atomic E-state index is 0.210. The first-order valence-corrected chi connectivity index (χ1v) is 9.37. The smallest absolute Gasteiger partial charge is 0.0127 e. The summed E-state index contributed by atoms with van der Waals surface area (Å²) in [5, 5.41) is 0. The zero-order valence-electron chi connectivity index (χ0n) is 14.5. The quantitative estimate of drug-likeness (QED) is 0.538. The van der Waals surface area contributed by atoms with Gasteiger partial charge in [-0.05, 0) is 55.9 Å². The minimum Gasteiger partial charge on any atom is -0.0882 e. The van der Waals surface area contributed by atoms with Crippen LogP contribution in [0.5, 0.6) is 0 Å². The zero-order chi connectivity index (χ0) is 16.0. The van der Waals surface area contributed by atoms with Crippen LogP contribution in [0.1, 0.15) is 57.4 Å². The van der Waals surface area contributed by atoms with Gasteiger partial charge in [0.15, 0.2) is 0 Å². The molecule has 0 saturated heterocycles. The number of hydrogen-bond acceptors (Lipinski definition) is 0. The van der Waals surface area contributed by atoms with Crippen molar-refractivity contribution in [2.45, 2.75) is 51.9 Å². The molecule has 23 heavy (non-hydrogen) atoms. The van der Waals surface area contributed by atoms with E-state index in [1.165, 1.54) is 50.5 Å². The lowest BCUT2D eigenvalue weighted by molar-refractivity contribution is 0.295. The second-order valence-electron chi connectivity index (χ2n) is 7.46. The van der Waals surface area contributed by atoms with E-state index in [4.69, 9.17) is 0 Å². The second kappa shape index (κ2) is 7.81. The predicted molar refractivity (Wildman–Crippen MR) is 101 cm³/mol. The standard InChI is InChI=1S/C23H30/c1-20-10-9-17-23(18-15-20,22-13-7-2-3-8-14-22)19-16-21-11-5-4-6-12-21/h4-7,9,11-13,16-17,19-20,22H,2-3,8,10,14-15,18H2,1H3. The molecule has 0 aromatic heterocycles. The third kappa shape index (κ3) is 4.25. The molecule has 0 amide bonds. The van der Waals surface area contributed by atoms with Gasteiger partial charge in [-0.25, -0.2) is 0 Å². The highest BCUT2D eigenvalue weighted by atomic mass is 14.4. The molecule has 0 bridgehead atoms. The zero-order valence-corrected chi connectivity index (χ0v) is 14.5. The summed E-state index contributed by atoms with van der Waals surface area (Å²) in [6.07, 6.45) is 23.9. The lowest BCUT2D eigenvalue weighted by atomic mass is 9.69. The average molecular weight is 306 g/mol. The molecule has 0 saturated carbocycles. The van der Waals surface area contributed by atoms with Gasteiger partial charge in [-0.3, -0.25) is 0 Å². The Balaban J connectivity index is 1.90. The largest absolute Gasteiger partial charge is 0.0882 e. The molecule has 0 spiro atoms. The van der Waals surface area contributed by atoms with Crippen molar-refractivity contribution < 1.29 is 0 Å². The molecule has 3 rings (SSSR count). The highest BCUT2D eigenvalue weighted by molar-refractivity contribution is 5.51. The van der Waals surface area contributed by atoms with Gasteiger partial charge in [-0.1, -0.05) is 80.1 Å². The normalized spacial score (nSPS) is 31.9. The monoisotopic (exact) mass is 306 g/mol. The maximum Gasteiger partial charge on any atom is 0.0127 e. The minimum atomic E-state index is 0.210. The van der Waals surface area contributed by atoms with Crippen LogP contribution in [0.15, 0.2) is 60.7 Å². The molecule has 2 aliphatic rings. The molecule has 0 radical (unpaired) electrons. The summed E-state index contributed by atoms with van der Waals surface area (Å²) in [6.45, 7) is 2.39. The molecular weight excluding hydrogens is 276 g/mol. The molecule has 0 heteroatoms.